The molecule has 1 nitrogen and oxygen atoms in total. The lowest BCUT2D eigenvalue weighted by molar-refractivity contribution is 0.254. The van der Waals surface area contributed by atoms with Crippen molar-refractivity contribution >= 4 is 11.6 Å². The summed E-state index contributed by atoms with van der Waals surface area (Å²) in [7, 11) is 0. The van der Waals surface area contributed by atoms with Gasteiger partial charge in [-0.3, -0.25) is 0 Å². The minimum Gasteiger partial charge on any atom is -0.309 e. The predicted molar refractivity (Wildman–Crippen MR) is 86.2 cm³/mol. The lowest BCUT2D eigenvalue weighted by Crippen LogP contribution is -2.34. The van der Waals surface area contributed by atoms with Gasteiger partial charge in [-0.25, -0.2) is 0 Å². The van der Waals surface area contributed by atoms with Gasteiger partial charge in [0.05, 0.1) is 0 Å². The molecular weight excluding hydrogens is 266 g/mol. The smallest absolute Gasteiger partial charge is 0.0409 e. The first-order valence-corrected chi connectivity index (χ1v) is 8.11. The van der Waals surface area contributed by atoms with Gasteiger partial charge in [-0.15, -0.1) is 0 Å². The number of halogens is 1. The summed E-state index contributed by atoms with van der Waals surface area (Å²) in [6.45, 7) is 5.84. The van der Waals surface area contributed by atoms with Crippen LogP contribution in [0.3, 0.4) is 0 Å². The van der Waals surface area contributed by atoms with Crippen LogP contribution in [0.2, 0.25) is 5.02 Å². The van der Waals surface area contributed by atoms with Crippen LogP contribution in [0, 0.1) is 11.3 Å². The second-order valence-corrected chi connectivity index (χ2v) is 7.44. The standard InChI is InChI=1S/C18H24ClN/c1-18(2)11-14-8-9-15(19)10-16(14)17(18)20-12-13-6-4-3-5-7-13/h3-4,8-10,13,17,20H,5-7,11-12H2,1-2H3. The summed E-state index contributed by atoms with van der Waals surface area (Å²) in [6, 6.07) is 6.81. The molecule has 108 valence electrons. The molecule has 0 bridgehead atoms. The summed E-state index contributed by atoms with van der Waals surface area (Å²) in [5, 5.41) is 4.69. The summed E-state index contributed by atoms with van der Waals surface area (Å²) in [6.07, 6.45) is 9.57. The average molecular weight is 290 g/mol. The molecule has 1 N–H and O–H groups in total. The molecule has 0 aromatic heterocycles. The lowest BCUT2D eigenvalue weighted by atomic mass is 9.84. The van der Waals surface area contributed by atoms with Gasteiger partial charge in [0.1, 0.15) is 0 Å². The van der Waals surface area contributed by atoms with Crippen molar-refractivity contribution in [2.45, 2.75) is 45.6 Å². The third kappa shape index (κ3) is 2.80. The van der Waals surface area contributed by atoms with Crippen molar-refractivity contribution in [3.8, 4) is 0 Å². The third-order valence-corrected chi connectivity index (χ3v) is 5.07. The summed E-state index contributed by atoms with van der Waals surface area (Å²) in [5.74, 6) is 0.791. The molecule has 0 radical (unpaired) electrons. The van der Waals surface area contributed by atoms with Crippen molar-refractivity contribution in [3.63, 3.8) is 0 Å². The SMILES string of the molecule is CC1(C)Cc2ccc(Cl)cc2C1NCC1CC=CCC1. The largest absolute Gasteiger partial charge is 0.309 e. The molecule has 2 heteroatoms. The van der Waals surface area contributed by atoms with E-state index in [1.165, 1.54) is 30.4 Å². The highest BCUT2D eigenvalue weighted by atomic mass is 35.5. The first kappa shape index (κ1) is 14.2. The van der Waals surface area contributed by atoms with E-state index in [0.29, 0.717) is 6.04 Å². The predicted octanol–water partition coefficient (Wildman–Crippen LogP) is 4.91. The van der Waals surface area contributed by atoms with Gasteiger partial charge in [-0.05, 0) is 66.8 Å². The van der Waals surface area contributed by atoms with Gasteiger partial charge in [0.15, 0.2) is 0 Å². The Morgan fingerprint density at radius 1 is 1.30 bits per heavy atom. The number of rotatable bonds is 3. The Morgan fingerprint density at radius 2 is 2.15 bits per heavy atom. The monoisotopic (exact) mass is 289 g/mol. The maximum absolute atomic E-state index is 6.19. The Hall–Kier alpha value is -0.790. The number of hydrogen-bond donors (Lipinski definition) is 1. The normalized spacial score (nSPS) is 27.6. The van der Waals surface area contributed by atoms with Crippen molar-refractivity contribution in [1.29, 1.82) is 0 Å². The molecule has 0 saturated carbocycles. The zero-order valence-corrected chi connectivity index (χ0v) is 13.2. The second kappa shape index (κ2) is 5.54. The molecule has 0 saturated heterocycles. The number of allylic oxidation sites excluding steroid dienone is 2. The molecule has 0 fully saturated rings. The highest BCUT2D eigenvalue weighted by Gasteiger charge is 2.38. The van der Waals surface area contributed by atoms with E-state index in [1.807, 2.05) is 6.07 Å². The Balaban J connectivity index is 1.74. The molecule has 0 amide bonds. The highest BCUT2D eigenvalue weighted by Crippen LogP contribution is 2.46. The van der Waals surface area contributed by atoms with Crippen molar-refractivity contribution in [3.05, 3.63) is 46.5 Å². The van der Waals surface area contributed by atoms with Gasteiger partial charge in [0.2, 0.25) is 0 Å². The minimum atomic E-state index is 0.275. The second-order valence-electron chi connectivity index (χ2n) is 7.00. The van der Waals surface area contributed by atoms with E-state index in [0.717, 1.165) is 23.9 Å². The zero-order chi connectivity index (χ0) is 14.2. The van der Waals surface area contributed by atoms with Crippen molar-refractivity contribution in [2.75, 3.05) is 6.54 Å². The van der Waals surface area contributed by atoms with Crippen molar-refractivity contribution in [1.82, 2.24) is 5.32 Å². The molecule has 2 aliphatic rings. The van der Waals surface area contributed by atoms with Crippen LogP contribution in [0.15, 0.2) is 30.4 Å². The molecule has 0 aliphatic heterocycles. The van der Waals surface area contributed by atoms with Crippen LogP contribution in [0.5, 0.6) is 0 Å². The van der Waals surface area contributed by atoms with Gasteiger partial charge in [-0.1, -0.05) is 43.7 Å². The summed E-state index contributed by atoms with van der Waals surface area (Å²) in [5.41, 5.74) is 3.15. The van der Waals surface area contributed by atoms with E-state index >= 15 is 0 Å². The maximum atomic E-state index is 6.19. The zero-order valence-electron chi connectivity index (χ0n) is 12.5. The van der Waals surface area contributed by atoms with Gasteiger partial charge in [0.25, 0.3) is 0 Å². The van der Waals surface area contributed by atoms with Crippen LogP contribution in [-0.2, 0) is 6.42 Å². The van der Waals surface area contributed by atoms with Crippen LogP contribution in [0.4, 0.5) is 0 Å². The molecular formula is C18H24ClN. The van der Waals surface area contributed by atoms with Gasteiger partial charge >= 0.3 is 0 Å². The topological polar surface area (TPSA) is 12.0 Å². The van der Waals surface area contributed by atoms with Gasteiger partial charge in [0, 0.05) is 11.1 Å². The van der Waals surface area contributed by atoms with Gasteiger partial charge in [-0.2, -0.15) is 0 Å². The van der Waals surface area contributed by atoms with Crippen molar-refractivity contribution in [2.24, 2.45) is 11.3 Å². The quantitative estimate of drug-likeness (QED) is 0.780. The van der Waals surface area contributed by atoms with E-state index in [-0.39, 0.29) is 5.41 Å². The molecule has 2 aliphatic carbocycles. The van der Waals surface area contributed by atoms with Crippen LogP contribution in [0.25, 0.3) is 0 Å². The Morgan fingerprint density at radius 3 is 2.90 bits per heavy atom. The van der Waals surface area contributed by atoms with Crippen LogP contribution in [0.1, 0.15) is 50.3 Å². The fourth-order valence-corrected chi connectivity index (χ4v) is 3.90. The molecule has 2 atom stereocenters. The van der Waals surface area contributed by atoms with Crippen molar-refractivity contribution < 1.29 is 0 Å². The summed E-state index contributed by atoms with van der Waals surface area (Å²) >= 11 is 6.19. The summed E-state index contributed by atoms with van der Waals surface area (Å²) < 4.78 is 0. The minimum absolute atomic E-state index is 0.275. The van der Waals surface area contributed by atoms with E-state index in [4.69, 9.17) is 11.6 Å². The number of hydrogen-bond acceptors (Lipinski definition) is 1. The van der Waals surface area contributed by atoms with E-state index in [2.05, 4.69) is 43.4 Å². The highest BCUT2D eigenvalue weighted by molar-refractivity contribution is 6.30. The first-order valence-electron chi connectivity index (χ1n) is 7.73. The molecule has 1 aromatic rings. The molecule has 2 unspecified atom stereocenters. The molecule has 3 rings (SSSR count). The molecule has 1 aromatic carbocycles. The van der Waals surface area contributed by atoms with Crippen LogP contribution in [-0.4, -0.2) is 6.54 Å². The average Bonchev–Trinajstić information content (AvgIpc) is 2.67. The number of nitrogens with one attached hydrogen (secondary N) is 1. The molecule has 0 spiro atoms. The third-order valence-electron chi connectivity index (χ3n) is 4.83. The Labute approximate surface area is 127 Å². The van der Waals surface area contributed by atoms with Crippen LogP contribution >= 0.6 is 11.6 Å². The number of fused-ring (bicyclic) bond motifs is 1. The molecule has 20 heavy (non-hydrogen) atoms. The van der Waals surface area contributed by atoms with Crippen LogP contribution < -0.4 is 5.32 Å². The van der Waals surface area contributed by atoms with E-state index in [1.54, 1.807) is 0 Å². The Kier molecular flexibility index (Phi) is 3.92. The molecule has 0 heterocycles. The van der Waals surface area contributed by atoms with E-state index < -0.39 is 0 Å². The Bertz CT molecular complexity index is 518. The number of benzene rings is 1. The fraction of sp³-hybridized carbons (Fsp3) is 0.556. The first-order chi connectivity index (χ1) is 9.56. The van der Waals surface area contributed by atoms with Gasteiger partial charge < -0.3 is 5.32 Å². The maximum Gasteiger partial charge on any atom is 0.0409 e. The lowest BCUT2D eigenvalue weighted by Gasteiger charge is -2.31. The fourth-order valence-electron chi connectivity index (χ4n) is 3.72. The summed E-state index contributed by atoms with van der Waals surface area (Å²) in [4.78, 5) is 0. The van der Waals surface area contributed by atoms with E-state index in [9.17, 15) is 0 Å².